The maximum atomic E-state index is 9.96. The minimum atomic E-state index is 0.0883. The Balaban J connectivity index is 2.04. The molecule has 1 saturated heterocycles. The quantitative estimate of drug-likeness (QED) is 0.878. The molecule has 1 aliphatic heterocycles. The molecule has 1 aromatic rings. The third kappa shape index (κ3) is 3.61. The molecule has 1 aromatic carbocycles. The Morgan fingerprint density at radius 2 is 2.26 bits per heavy atom. The van der Waals surface area contributed by atoms with Crippen molar-refractivity contribution in [3.8, 4) is 11.5 Å². The highest BCUT2D eigenvalue weighted by molar-refractivity contribution is 5.41. The van der Waals surface area contributed by atoms with Gasteiger partial charge in [0.25, 0.3) is 0 Å². The summed E-state index contributed by atoms with van der Waals surface area (Å²) in [5, 5.41) is 13.5. The molecule has 4 nitrogen and oxygen atoms in total. The summed E-state index contributed by atoms with van der Waals surface area (Å²) in [4.78, 5) is 0. The lowest BCUT2D eigenvalue weighted by Gasteiger charge is -2.30. The van der Waals surface area contributed by atoms with Crippen molar-refractivity contribution in [2.75, 3.05) is 13.7 Å². The standard InChI is InChI=1S/C15H23NO3/c1-10-8-12(6-7-19-10)16-11(2)14-9-13(18-3)4-5-15(14)17/h4-5,9-12,16-17H,6-8H2,1-3H3. The zero-order chi connectivity index (χ0) is 13.8. The van der Waals surface area contributed by atoms with E-state index in [0.29, 0.717) is 17.9 Å². The number of hydrogen-bond donors (Lipinski definition) is 2. The molecule has 4 heteroatoms. The molecule has 1 heterocycles. The molecule has 1 fully saturated rings. The van der Waals surface area contributed by atoms with Gasteiger partial charge in [0.15, 0.2) is 0 Å². The topological polar surface area (TPSA) is 50.7 Å². The third-order valence-electron chi connectivity index (χ3n) is 3.67. The number of methoxy groups -OCH3 is 1. The van der Waals surface area contributed by atoms with Crippen LogP contribution in [0.25, 0.3) is 0 Å². The average molecular weight is 265 g/mol. The lowest BCUT2D eigenvalue weighted by atomic mass is 10.0. The summed E-state index contributed by atoms with van der Waals surface area (Å²) in [5.74, 6) is 1.07. The second-order valence-electron chi connectivity index (χ2n) is 5.22. The van der Waals surface area contributed by atoms with Gasteiger partial charge in [0.2, 0.25) is 0 Å². The summed E-state index contributed by atoms with van der Waals surface area (Å²) in [6.07, 6.45) is 2.33. The molecular weight excluding hydrogens is 242 g/mol. The van der Waals surface area contributed by atoms with E-state index >= 15 is 0 Å². The number of benzene rings is 1. The van der Waals surface area contributed by atoms with Crippen LogP contribution in [0.15, 0.2) is 18.2 Å². The highest BCUT2D eigenvalue weighted by Crippen LogP contribution is 2.29. The van der Waals surface area contributed by atoms with Crippen LogP contribution in [0.3, 0.4) is 0 Å². The van der Waals surface area contributed by atoms with Crippen molar-refractivity contribution in [2.24, 2.45) is 0 Å². The molecule has 0 aromatic heterocycles. The Bertz CT molecular complexity index is 422. The molecule has 0 radical (unpaired) electrons. The lowest BCUT2D eigenvalue weighted by molar-refractivity contribution is 0.0115. The molecule has 2 rings (SSSR count). The van der Waals surface area contributed by atoms with Gasteiger partial charge >= 0.3 is 0 Å². The van der Waals surface area contributed by atoms with Gasteiger partial charge in [0.05, 0.1) is 13.2 Å². The van der Waals surface area contributed by atoms with Gasteiger partial charge in [-0.2, -0.15) is 0 Å². The van der Waals surface area contributed by atoms with Crippen LogP contribution in [0.5, 0.6) is 11.5 Å². The smallest absolute Gasteiger partial charge is 0.120 e. The Morgan fingerprint density at radius 3 is 2.95 bits per heavy atom. The van der Waals surface area contributed by atoms with Crippen LogP contribution >= 0.6 is 0 Å². The number of phenolic OH excluding ortho intramolecular Hbond substituents is 1. The Morgan fingerprint density at radius 1 is 1.47 bits per heavy atom. The molecule has 0 spiro atoms. The van der Waals surface area contributed by atoms with Crippen LogP contribution in [0.2, 0.25) is 0 Å². The molecule has 3 unspecified atom stereocenters. The van der Waals surface area contributed by atoms with Gasteiger partial charge in [-0.25, -0.2) is 0 Å². The first-order valence-corrected chi connectivity index (χ1v) is 6.84. The zero-order valence-corrected chi connectivity index (χ0v) is 11.8. The largest absolute Gasteiger partial charge is 0.508 e. The van der Waals surface area contributed by atoms with Crippen molar-refractivity contribution in [3.63, 3.8) is 0 Å². The number of hydrogen-bond acceptors (Lipinski definition) is 4. The van der Waals surface area contributed by atoms with Crippen molar-refractivity contribution in [1.29, 1.82) is 0 Å². The third-order valence-corrected chi connectivity index (χ3v) is 3.67. The van der Waals surface area contributed by atoms with E-state index in [9.17, 15) is 5.11 Å². The monoisotopic (exact) mass is 265 g/mol. The number of ether oxygens (including phenoxy) is 2. The van der Waals surface area contributed by atoms with Crippen molar-refractivity contribution >= 4 is 0 Å². The molecule has 106 valence electrons. The normalized spacial score (nSPS) is 25.0. The zero-order valence-electron chi connectivity index (χ0n) is 11.8. The van der Waals surface area contributed by atoms with Gasteiger partial charge in [-0.1, -0.05) is 0 Å². The van der Waals surface area contributed by atoms with E-state index in [1.807, 2.05) is 6.07 Å². The predicted molar refractivity (Wildman–Crippen MR) is 74.6 cm³/mol. The maximum Gasteiger partial charge on any atom is 0.120 e. The second kappa shape index (κ2) is 6.26. The van der Waals surface area contributed by atoms with Gasteiger partial charge < -0.3 is 19.9 Å². The average Bonchev–Trinajstić information content (AvgIpc) is 2.39. The van der Waals surface area contributed by atoms with Gasteiger partial charge in [-0.3, -0.25) is 0 Å². The van der Waals surface area contributed by atoms with Crippen molar-refractivity contribution in [3.05, 3.63) is 23.8 Å². The van der Waals surface area contributed by atoms with Crippen LogP contribution in [0.1, 0.15) is 38.3 Å². The number of nitrogens with one attached hydrogen (secondary N) is 1. The first kappa shape index (κ1) is 14.2. The van der Waals surface area contributed by atoms with E-state index in [4.69, 9.17) is 9.47 Å². The molecule has 3 atom stereocenters. The van der Waals surface area contributed by atoms with Crippen LogP contribution in [0, 0.1) is 0 Å². The van der Waals surface area contributed by atoms with Crippen LogP contribution in [-0.4, -0.2) is 31.0 Å². The highest BCUT2D eigenvalue weighted by Gasteiger charge is 2.22. The predicted octanol–water partition coefficient (Wildman–Crippen LogP) is 2.62. The molecule has 0 aliphatic carbocycles. The highest BCUT2D eigenvalue weighted by atomic mass is 16.5. The van der Waals surface area contributed by atoms with Gasteiger partial charge in [-0.15, -0.1) is 0 Å². The summed E-state index contributed by atoms with van der Waals surface area (Å²) in [6, 6.07) is 5.85. The fourth-order valence-electron chi connectivity index (χ4n) is 2.60. The molecular formula is C15H23NO3. The minimum absolute atomic E-state index is 0.0883. The fraction of sp³-hybridized carbons (Fsp3) is 0.600. The summed E-state index contributed by atoms with van der Waals surface area (Å²) >= 11 is 0. The number of phenols is 1. The SMILES string of the molecule is COc1ccc(O)c(C(C)NC2CCOC(C)C2)c1. The van der Waals surface area contributed by atoms with Crippen LogP contribution in [0.4, 0.5) is 0 Å². The molecule has 0 amide bonds. The maximum absolute atomic E-state index is 9.96. The van der Waals surface area contributed by atoms with E-state index < -0.39 is 0 Å². The first-order chi connectivity index (χ1) is 9.10. The summed E-state index contributed by atoms with van der Waals surface area (Å²) in [6.45, 7) is 4.96. The second-order valence-corrected chi connectivity index (χ2v) is 5.22. The fourth-order valence-corrected chi connectivity index (χ4v) is 2.60. The molecule has 1 aliphatic rings. The van der Waals surface area contributed by atoms with Crippen LogP contribution < -0.4 is 10.1 Å². The molecule has 0 saturated carbocycles. The van der Waals surface area contributed by atoms with Crippen molar-refractivity contribution < 1.29 is 14.6 Å². The number of aromatic hydroxyl groups is 1. The molecule has 19 heavy (non-hydrogen) atoms. The van der Waals surface area contributed by atoms with Crippen molar-refractivity contribution in [2.45, 2.75) is 44.9 Å². The van der Waals surface area contributed by atoms with Crippen molar-refractivity contribution in [1.82, 2.24) is 5.32 Å². The van der Waals surface area contributed by atoms with Gasteiger partial charge in [-0.05, 0) is 44.9 Å². The molecule has 0 bridgehead atoms. The lowest BCUT2D eigenvalue weighted by Crippen LogP contribution is -2.39. The Kier molecular flexibility index (Phi) is 4.66. The van der Waals surface area contributed by atoms with Gasteiger partial charge in [0, 0.05) is 24.3 Å². The Labute approximate surface area is 114 Å². The minimum Gasteiger partial charge on any atom is -0.508 e. The summed E-state index contributed by atoms with van der Waals surface area (Å²) < 4.78 is 10.8. The van der Waals surface area contributed by atoms with E-state index in [1.165, 1.54) is 0 Å². The van der Waals surface area contributed by atoms with Crippen LogP contribution in [-0.2, 0) is 4.74 Å². The Hall–Kier alpha value is -1.26. The summed E-state index contributed by atoms with van der Waals surface area (Å²) in [7, 11) is 1.63. The summed E-state index contributed by atoms with van der Waals surface area (Å²) in [5.41, 5.74) is 0.874. The first-order valence-electron chi connectivity index (χ1n) is 6.84. The number of rotatable bonds is 4. The van der Waals surface area contributed by atoms with Gasteiger partial charge in [0.1, 0.15) is 11.5 Å². The van der Waals surface area contributed by atoms with E-state index in [2.05, 4.69) is 19.2 Å². The molecule has 2 N–H and O–H groups in total. The van der Waals surface area contributed by atoms with E-state index in [-0.39, 0.29) is 6.04 Å². The van der Waals surface area contributed by atoms with E-state index in [1.54, 1.807) is 19.2 Å². The van der Waals surface area contributed by atoms with E-state index in [0.717, 1.165) is 30.8 Å².